The first kappa shape index (κ1) is 21.2. The standard InChI is InChI=1S/C24H28N2O2S/c1-4-6-15-26-23(27)22(17-19-9-13-21(14-10-19)28-16-5-2)29-24(26)25-20-11-7-18(3)8-12-20/h7-14,17H,4-6,15-16H2,1-3H3/b22-17+,25-24?. The van der Waals surface area contributed by atoms with E-state index in [1.807, 2.05) is 54.6 Å². The molecule has 0 atom stereocenters. The molecule has 1 aliphatic heterocycles. The van der Waals surface area contributed by atoms with Gasteiger partial charge in [-0.3, -0.25) is 9.69 Å². The Balaban J connectivity index is 1.83. The van der Waals surface area contributed by atoms with Gasteiger partial charge in [-0.15, -0.1) is 0 Å². The van der Waals surface area contributed by atoms with Crippen molar-refractivity contribution in [3.63, 3.8) is 0 Å². The molecular weight excluding hydrogens is 380 g/mol. The Hall–Kier alpha value is -2.53. The number of benzene rings is 2. The lowest BCUT2D eigenvalue weighted by Gasteiger charge is -2.14. The molecule has 0 aliphatic carbocycles. The predicted molar refractivity (Wildman–Crippen MR) is 123 cm³/mol. The Kier molecular flexibility index (Phi) is 7.53. The maximum absolute atomic E-state index is 13.0. The molecule has 0 spiro atoms. The lowest BCUT2D eigenvalue weighted by Crippen LogP contribution is -2.30. The van der Waals surface area contributed by atoms with Crippen molar-refractivity contribution in [2.75, 3.05) is 13.2 Å². The number of hydrogen-bond donors (Lipinski definition) is 0. The van der Waals surface area contributed by atoms with Gasteiger partial charge in [0.15, 0.2) is 5.17 Å². The molecule has 0 aromatic heterocycles. The topological polar surface area (TPSA) is 41.9 Å². The number of carbonyl (C=O) groups excluding carboxylic acids is 1. The molecule has 1 heterocycles. The van der Waals surface area contributed by atoms with Crippen LogP contribution in [0.15, 0.2) is 58.4 Å². The molecule has 2 aromatic carbocycles. The number of amidine groups is 1. The third kappa shape index (κ3) is 5.73. The van der Waals surface area contributed by atoms with Crippen molar-refractivity contribution in [3.8, 4) is 5.75 Å². The SMILES string of the molecule is CCCCN1C(=O)/C(=C\c2ccc(OCCC)cc2)SC1=Nc1ccc(C)cc1. The number of amides is 1. The van der Waals surface area contributed by atoms with Crippen LogP contribution in [0.4, 0.5) is 5.69 Å². The van der Waals surface area contributed by atoms with E-state index in [1.165, 1.54) is 17.3 Å². The van der Waals surface area contributed by atoms with E-state index in [0.29, 0.717) is 18.1 Å². The van der Waals surface area contributed by atoms with Gasteiger partial charge in [0.2, 0.25) is 0 Å². The highest BCUT2D eigenvalue weighted by Crippen LogP contribution is 2.34. The van der Waals surface area contributed by atoms with Crippen LogP contribution in [0.3, 0.4) is 0 Å². The van der Waals surface area contributed by atoms with Gasteiger partial charge in [0.05, 0.1) is 17.2 Å². The average molecular weight is 409 g/mol. The number of rotatable bonds is 8. The first-order chi connectivity index (χ1) is 14.1. The van der Waals surface area contributed by atoms with Gasteiger partial charge in [-0.1, -0.05) is 50.1 Å². The van der Waals surface area contributed by atoms with Crippen LogP contribution in [0.2, 0.25) is 0 Å². The quantitative estimate of drug-likeness (QED) is 0.489. The minimum Gasteiger partial charge on any atom is -0.494 e. The Morgan fingerprint density at radius 2 is 1.76 bits per heavy atom. The van der Waals surface area contributed by atoms with E-state index in [1.54, 1.807) is 4.90 Å². The molecule has 0 bridgehead atoms. The molecule has 2 aromatic rings. The van der Waals surface area contributed by atoms with Crippen molar-refractivity contribution >= 4 is 34.6 Å². The van der Waals surface area contributed by atoms with E-state index in [0.717, 1.165) is 41.4 Å². The second kappa shape index (κ2) is 10.3. The number of nitrogens with zero attached hydrogens (tertiary/aromatic N) is 2. The van der Waals surface area contributed by atoms with Crippen LogP contribution in [-0.2, 0) is 4.79 Å². The van der Waals surface area contributed by atoms with Gasteiger partial charge in [0.25, 0.3) is 5.91 Å². The van der Waals surface area contributed by atoms with Crippen LogP contribution in [0, 0.1) is 6.92 Å². The molecule has 5 heteroatoms. The monoisotopic (exact) mass is 408 g/mol. The van der Waals surface area contributed by atoms with E-state index in [4.69, 9.17) is 9.73 Å². The second-order valence-corrected chi connectivity index (χ2v) is 8.08. The third-order valence-electron chi connectivity index (χ3n) is 4.53. The molecule has 1 saturated heterocycles. The summed E-state index contributed by atoms with van der Waals surface area (Å²) in [6.45, 7) is 7.66. The Bertz CT molecular complexity index is 886. The minimum atomic E-state index is 0.0284. The number of unbranched alkanes of at least 4 members (excludes halogenated alkanes) is 1. The summed E-state index contributed by atoms with van der Waals surface area (Å²) in [4.78, 5) is 20.3. The summed E-state index contributed by atoms with van der Waals surface area (Å²) in [6, 6.07) is 15.9. The van der Waals surface area contributed by atoms with Crippen molar-refractivity contribution in [1.82, 2.24) is 4.90 Å². The molecule has 1 aliphatic rings. The maximum Gasteiger partial charge on any atom is 0.266 e. The van der Waals surface area contributed by atoms with Crippen LogP contribution in [0.5, 0.6) is 5.75 Å². The Morgan fingerprint density at radius 1 is 1.03 bits per heavy atom. The summed E-state index contributed by atoms with van der Waals surface area (Å²) in [5.41, 5.74) is 3.04. The number of thioether (sulfide) groups is 1. The van der Waals surface area contributed by atoms with E-state index in [9.17, 15) is 4.79 Å². The van der Waals surface area contributed by atoms with Crippen molar-refractivity contribution in [1.29, 1.82) is 0 Å². The van der Waals surface area contributed by atoms with E-state index < -0.39 is 0 Å². The van der Waals surface area contributed by atoms with Crippen LogP contribution >= 0.6 is 11.8 Å². The van der Waals surface area contributed by atoms with Crippen molar-refractivity contribution in [2.24, 2.45) is 4.99 Å². The van der Waals surface area contributed by atoms with Gasteiger partial charge in [0.1, 0.15) is 5.75 Å². The summed E-state index contributed by atoms with van der Waals surface area (Å²) in [6.07, 6.45) is 4.90. The number of ether oxygens (including phenoxy) is 1. The number of carbonyl (C=O) groups is 1. The maximum atomic E-state index is 13.0. The third-order valence-corrected chi connectivity index (χ3v) is 5.54. The molecule has 0 unspecified atom stereocenters. The van der Waals surface area contributed by atoms with Gasteiger partial charge in [0, 0.05) is 6.54 Å². The fourth-order valence-electron chi connectivity index (χ4n) is 2.87. The average Bonchev–Trinajstić information content (AvgIpc) is 3.01. The normalized spacial score (nSPS) is 16.8. The highest BCUT2D eigenvalue weighted by molar-refractivity contribution is 8.18. The van der Waals surface area contributed by atoms with E-state index >= 15 is 0 Å². The van der Waals surface area contributed by atoms with Gasteiger partial charge in [-0.25, -0.2) is 4.99 Å². The summed E-state index contributed by atoms with van der Waals surface area (Å²) >= 11 is 1.45. The largest absolute Gasteiger partial charge is 0.494 e. The Labute approximate surface area is 177 Å². The fraction of sp³-hybridized carbons (Fsp3) is 0.333. The van der Waals surface area contributed by atoms with Gasteiger partial charge >= 0.3 is 0 Å². The fourth-order valence-corrected chi connectivity index (χ4v) is 3.89. The first-order valence-electron chi connectivity index (χ1n) is 10.2. The van der Waals surface area contributed by atoms with Crippen LogP contribution in [0.25, 0.3) is 6.08 Å². The van der Waals surface area contributed by atoms with Gasteiger partial charge < -0.3 is 4.74 Å². The van der Waals surface area contributed by atoms with E-state index in [2.05, 4.69) is 20.8 Å². The highest BCUT2D eigenvalue weighted by Gasteiger charge is 2.32. The molecule has 1 fully saturated rings. The zero-order chi connectivity index (χ0) is 20.6. The summed E-state index contributed by atoms with van der Waals surface area (Å²) in [5, 5.41) is 0.751. The second-order valence-electron chi connectivity index (χ2n) is 7.07. The van der Waals surface area contributed by atoms with Gasteiger partial charge in [-0.2, -0.15) is 0 Å². The van der Waals surface area contributed by atoms with Crippen molar-refractivity contribution < 1.29 is 9.53 Å². The van der Waals surface area contributed by atoms with E-state index in [-0.39, 0.29) is 5.91 Å². The number of aliphatic imine (C=N–C) groups is 1. The molecule has 0 N–H and O–H groups in total. The predicted octanol–water partition coefficient (Wildman–Crippen LogP) is 6.19. The molecule has 0 radical (unpaired) electrons. The van der Waals surface area contributed by atoms with Crippen LogP contribution in [0.1, 0.15) is 44.2 Å². The molecule has 152 valence electrons. The zero-order valence-electron chi connectivity index (χ0n) is 17.4. The first-order valence-corrected chi connectivity index (χ1v) is 11.0. The number of hydrogen-bond acceptors (Lipinski definition) is 4. The van der Waals surface area contributed by atoms with Crippen LogP contribution in [-0.4, -0.2) is 29.1 Å². The lowest BCUT2D eigenvalue weighted by atomic mass is 10.2. The molecule has 3 rings (SSSR count). The smallest absolute Gasteiger partial charge is 0.266 e. The Morgan fingerprint density at radius 3 is 2.41 bits per heavy atom. The number of aryl methyl sites for hydroxylation is 1. The molecular formula is C24H28N2O2S. The van der Waals surface area contributed by atoms with Crippen molar-refractivity contribution in [3.05, 3.63) is 64.6 Å². The zero-order valence-corrected chi connectivity index (χ0v) is 18.2. The molecule has 1 amide bonds. The molecule has 0 saturated carbocycles. The summed E-state index contributed by atoms with van der Waals surface area (Å²) in [7, 11) is 0. The molecule has 29 heavy (non-hydrogen) atoms. The molecule has 4 nitrogen and oxygen atoms in total. The lowest BCUT2D eigenvalue weighted by molar-refractivity contribution is -0.122. The highest BCUT2D eigenvalue weighted by atomic mass is 32.2. The van der Waals surface area contributed by atoms with Gasteiger partial charge in [-0.05, 0) is 67.4 Å². The summed E-state index contributed by atoms with van der Waals surface area (Å²) < 4.78 is 5.63. The summed E-state index contributed by atoms with van der Waals surface area (Å²) in [5.74, 6) is 0.881. The van der Waals surface area contributed by atoms with Crippen LogP contribution < -0.4 is 4.74 Å². The van der Waals surface area contributed by atoms with Crippen molar-refractivity contribution in [2.45, 2.75) is 40.0 Å². The minimum absolute atomic E-state index is 0.0284.